The van der Waals surface area contributed by atoms with Gasteiger partial charge in [0.05, 0.1) is 5.69 Å². The smallest absolute Gasteiger partial charge is 0.257 e. The largest absolute Gasteiger partial charge is 0.356 e. The molecule has 4 heterocycles. The summed E-state index contributed by atoms with van der Waals surface area (Å²) >= 11 is 0. The van der Waals surface area contributed by atoms with Crippen molar-refractivity contribution in [2.24, 2.45) is 0 Å². The lowest BCUT2D eigenvalue weighted by atomic mass is 9.91. The number of likely N-dealkylation sites (tertiary alicyclic amines) is 1. The van der Waals surface area contributed by atoms with Gasteiger partial charge in [0, 0.05) is 47.3 Å². The van der Waals surface area contributed by atoms with E-state index in [2.05, 4.69) is 15.4 Å². The van der Waals surface area contributed by atoms with Crippen molar-refractivity contribution >= 4 is 22.7 Å². The van der Waals surface area contributed by atoms with Crippen molar-refractivity contribution in [2.45, 2.75) is 51.9 Å². The van der Waals surface area contributed by atoms with E-state index in [4.69, 9.17) is 4.52 Å². The number of hydrogen-bond donors (Lipinski definition) is 1. The normalized spacial score (nSPS) is 20.5. The Labute approximate surface area is 192 Å². The molecule has 1 saturated heterocycles. The lowest BCUT2D eigenvalue weighted by molar-refractivity contribution is -0.127. The van der Waals surface area contributed by atoms with E-state index < -0.39 is 0 Å². The second kappa shape index (κ2) is 8.74. The number of ketones is 1. The minimum atomic E-state index is -0.318. The van der Waals surface area contributed by atoms with E-state index in [-0.39, 0.29) is 23.4 Å². The summed E-state index contributed by atoms with van der Waals surface area (Å²) < 4.78 is 18.8. The van der Waals surface area contributed by atoms with Gasteiger partial charge in [0.1, 0.15) is 11.6 Å². The zero-order chi connectivity index (χ0) is 23.1. The molecule has 174 valence electrons. The Kier molecular flexibility index (Phi) is 5.78. The average molecular weight is 453 g/mol. The number of allylic oxidation sites excluding steroid dienone is 2. The molecular weight excluding hydrogens is 423 g/mol. The van der Waals surface area contributed by atoms with Crippen molar-refractivity contribution < 1.29 is 18.5 Å². The van der Waals surface area contributed by atoms with Gasteiger partial charge >= 0.3 is 0 Å². The molecule has 1 amide bonds. The number of fused-ring (bicyclic) bond motifs is 2. The van der Waals surface area contributed by atoms with Gasteiger partial charge in [-0.15, -0.1) is 0 Å². The summed E-state index contributed by atoms with van der Waals surface area (Å²) in [6.45, 7) is 6.78. The third kappa shape index (κ3) is 4.08. The molecule has 0 unspecified atom stereocenters. The first-order chi connectivity index (χ1) is 15.9. The van der Waals surface area contributed by atoms with E-state index in [1.807, 2.05) is 6.92 Å². The molecule has 0 spiro atoms. The first-order valence-corrected chi connectivity index (χ1v) is 11.7. The van der Waals surface area contributed by atoms with E-state index in [0.717, 1.165) is 73.2 Å². The van der Waals surface area contributed by atoms with Crippen molar-refractivity contribution in [3.05, 3.63) is 52.4 Å². The van der Waals surface area contributed by atoms with Crippen LogP contribution < -0.4 is 5.32 Å². The SMILES string of the molecule is CC(=O)C1=C2NC(C)=C(CCN3CCC(c4noc5cc(F)ccc45)CC3)C(=O)N2CCC1. The van der Waals surface area contributed by atoms with Crippen LogP contribution in [-0.2, 0) is 9.59 Å². The highest BCUT2D eigenvalue weighted by molar-refractivity contribution is 6.00. The fraction of sp³-hybridized carbons (Fsp3) is 0.480. The lowest BCUT2D eigenvalue weighted by Crippen LogP contribution is -2.46. The predicted octanol–water partition coefficient (Wildman–Crippen LogP) is 3.84. The maximum atomic E-state index is 13.4. The van der Waals surface area contributed by atoms with Gasteiger partial charge in [-0.2, -0.15) is 0 Å². The van der Waals surface area contributed by atoms with Gasteiger partial charge in [0.25, 0.3) is 5.91 Å². The molecule has 2 aromatic rings. The summed E-state index contributed by atoms with van der Waals surface area (Å²) in [6.07, 6.45) is 4.10. The fourth-order valence-electron chi connectivity index (χ4n) is 5.29. The Morgan fingerprint density at radius 2 is 2.06 bits per heavy atom. The van der Waals surface area contributed by atoms with Gasteiger partial charge < -0.3 is 14.7 Å². The second-order valence-corrected chi connectivity index (χ2v) is 9.25. The van der Waals surface area contributed by atoms with E-state index >= 15 is 0 Å². The molecule has 5 rings (SSSR count). The first kappa shape index (κ1) is 21.8. The highest BCUT2D eigenvalue weighted by Crippen LogP contribution is 2.34. The number of nitrogens with zero attached hydrogens (tertiary/aromatic N) is 3. The minimum absolute atomic E-state index is 0.0240. The van der Waals surface area contributed by atoms with Crippen molar-refractivity contribution in [3.8, 4) is 0 Å². The molecule has 0 bridgehead atoms. The number of nitrogens with one attached hydrogen (secondary N) is 1. The molecule has 7 nitrogen and oxygen atoms in total. The van der Waals surface area contributed by atoms with Crippen LogP contribution in [0, 0.1) is 5.82 Å². The Morgan fingerprint density at radius 3 is 2.82 bits per heavy atom. The van der Waals surface area contributed by atoms with E-state index in [1.165, 1.54) is 12.1 Å². The topological polar surface area (TPSA) is 78.7 Å². The second-order valence-electron chi connectivity index (χ2n) is 9.25. The fourth-order valence-corrected chi connectivity index (χ4v) is 5.29. The van der Waals surface area contributed by atoms with Crippen LogP contribution in [0.5, 0.6) is 0 Å². The zero-order valence-electron chi connectivity index (χ0n) is 19.1. The number of carbonyl (C=O) groups is 2. The van der Waals surface area contributed by atoms with E-state index in [0.29, 0.717) is 24.4 Å². The highest BCUT2D eigenvalue weighted by Gasteiger charge is 2.34. The van der Waals surface area contributed by atoms with Crippen LogP contribution in [0.15, 0.2) is 45.4 Å². The molecular formula is C25H29FN4O3. The Balaban J connectivity index is 1.22. The van der Waals surface area contributed by atoms with Gasteiger partial charge in [-0.1, -0.05) is 5.16 Å². The average Bonchev–Trinajstić information content (AvgIpc) is 3.22. The number of Topliss-reactive ketones (excluding diaryl/α,β-unsaturated/α-hetero) is 1. The van der Waals surface area contributed by atoms with Crippen LogP contribution in [0.3, 0.4) is 0 Å². The van der Waals surface area contributed by atoms with Crippen molar-refractivity contribution in [3.63, 3.8) is 0 Å². The Bertz CT molecular complexity index is 1170. The maximum absolute atomic E-state index is 13.4. The van der Waals surface area contributed by atoms with Gasteiger partial charge in [0.2, 0.25) is 0 Å². The highest BCUT2D eigenvalue weighted by atomic mass is 19.1. The van der Waals surface area contributed by atoms with Crippen LogP contribution in [0.1, 0.15) is 57.6 Å². The monoisotopic (exact) mass is 452 g/mol. The summed E-state index contributed by atoms with van der Waals surface area (Å²) in [7, 11) is 0. The van der Waals surface area contributed by atoms with Gasteiger partial charge in [-0.3, -0.25) is 14.5 Å². The molecule has 3 aliphatic heterocycles. The van der Waals surface area contributed by atoms with Crippen LogP contribution in [0.4, 0.5) is 4.39 Å². The minimum Gasteiger partial charge on any atom is -0.356 e. The molecule has 1 N–H and O–H groups in total. The van der Waals surface area contributed by atoms with Crippen molar-refractivity contribution in [1.82, 2.24) is 20.3 Å². The molecule has 0 atom stereocenters. The number of amides is 1. The summed E-state index contributed by atoms with van der Waals surface area (Å²) in [4.78, 5) is 29.3. The lowest BCUT2D eigenvalue weighted by Gasteiger charge is -2.38. The van der Waals surface area contributed by atoms with Crippen LogP contribution in [0.25, 0.3) is 11.0 Å². The number of piperidine rings is 1. The molecule has 0 radical (unpaired) electrons. The van der Waals surface area contributed by atoms with Crippen molar-refractivity contribution in [2.75, 3.05) is 26.2 Å². The standard InChI is InChI=1S/C25H29FN4O3/c1-15-19(25(32)30-10-3-4-20(16(2)31)24(30)27-15)9-13-29-11-7-17(8-12-29)23-21-6-5-18(26)14-22(21)33-28-23/h5-6,14,17,27H,3-4,7-13H2,1-2H3. The summed E-state index contributed by atoms with van der Waals surface area (Å²) in [5.74, 6) is 0.703. The first-order valence-electron chi connectivity index (χ1n) is 11.7. The molecule has 1 aromatic carbocycles. The number of benzene rings is 1. The zero-order valence-corrected chi connectivity index (χ0v) is 19.1. The maximum Gasteiger partial charge on any atom is 0.257 e. The van der Waals surface area contributed by atoms with Gasteiger partial charge in [0.15, 0.2) is 11.4 Å². The molecule has 0 aliphatic carbocycles. The van der Waals surface area contributed by atoms with Crippen LogP contribution in [-0.4, -0.2) is 52.8 Å². The summed E-state index contributed by atoms with van der Waals surface area (Å²) in [5, 5.41) is 8.46. The number of rotatable bonds is 5. The van der Waals surface area contributed by atoms with Crippen molar-refractivity contribution in [1.29, 1.82) is 0 Å². The molecule has 0 saturated carbocycles. The number of aromatic nitrogens is 1. The van der Waals surface area contributed by atoms with Crippen LogP contribution in [0.2, 0.25) is 0 Å². The molecule has 1 fully saturated rings. The van der Waals surface area contributed by atoms with E-state index in [1.54, 1.807) is 17.9 Å². The molecule has 3 aliphatic rings. The van der Waals surface area contributed by atoms with Gasteiger partial charge in [-0.25, -0.2) is 4.39 Å². The van der Waals surface area contributed by atoms with Crippen LogP contribution >= 0.6 is 0 Å². The van der Waals surface area contributed by atoms with Gasteiger partial charge in [-0.05, 0) is 71.2 Å². The van der Waals surface area contributed by atoms with E-state index in [9.17, 15) is 14.0 Å². The molecule has 1 aromatic heterocycles. The Morgan fingerprint density at radius 1 is 1.27 bits per heavy atom. The molecule has 8 heteroatoms. The third-order valence-corrected chi connectivity index (χ3v) is 7.17. The summed E-state index contributed by atoms with van der Waals surface area (Å²) in [6, 6.07) is 4.58. The summed E-state index contributed by atoms with van der Waals surface area (Å²) in [5.41, 5.74) is 3.79. The Hall–Kier alpha value is -3.00. The number of carbonyl (C=O) groups excluding carboxylic acids is 2. The number of halogens is 1. The number of hydrogen-bond acceptors (Lipinski definition) is 6. The quantitative estimate of drug-likeness (QED) is 0.743. The third-order valence-electron chi connectivity index (χ3n) is 7.17. The predicted molar refractivity (Wildman–Crippen MR) is 121 cm³/mol. The molecule has 33 heavy (non-hydrogen) atoms.